The number of aromatic nitrogens is 1. The number of likely N-dealkylation sites (N-methyl/N-ethyl adjacent to an activating group) is 1. The van der Waals surface area contributed by atoms with Crippen molar-refractivity contribution in [3.05, 3.63) is 53.3 Å². The lowest BCUT2D eigenvalue weighted by atomic mass is 9.86. The van der Waals surface area contributed by atoms with Crippen LogP contribution >= 0.6 is 0 Å². The minimum atomic E-state index is 0.430. The molecule has 0 amide bonds. The highest BCUT2D eigenvalue weighted by Gasteiger charge is 2.39. The first kappa shape index (κ1) is 11.9. The summed E-state index contributed by atoms with van der Waals surface area (Å²) in [7, 11) is 2.19. The van der Waals surface area contributed by atoms with Crippen LogP contribution in [0.4, 0.5) is 0 Å². The topological polar surface area (TPSA) is 25.4 Å². The maximum atomic E-state index is 6.15. The SMILES string of the molecule is Cc1ccc2c(c1)[C@@H]1CN(C)C[C@@H]1c1ncccc1O2. The minimum absolute atomic E-state index is 0.430. The molecular weight excluding hydrogens is 248 g/mol. The average Bonchev–Trinajstić information content (AvgIpc) is 2.78. The van der Waals surface area contributed by atoms with Crippen molar-refractivity contribution in [2.24, 2.45) is 0 Å². The molecule has 0 bridgehead atoms. The standard InChI is InChI=1S/C17H18N2O/c1-11-5-6-15-12(8-11)13-9-19(2)10-14(13)17-16(20-15)4-3-7-18-17/h3-8,13-14H,9-10H2,1-2H3/t13-,14-/m0/s1. The molecule has 102 valence electrons. The molecule has 2 atom stereocenters. The number of likely N-dealkylation sites (tertiary alicyclic amines) is 1. The Morgan fingerprint density at radius 2 is 2.00 bits per heavy atom. The number of fused-ring (bicyclic) bond motifs is 5. The third-order valence-electron chi connectivity index (χ3n) is 4.44. The van der Waals surface area contributed by atoms with E-state index in [4.69, 9.17) is 4.74 Å². The van der Waals surface area contributed by atoms with Gasteiger partial charge in [0.15, 0.2) is 0 Å². The van der Waals surface area contributed by atoms with E-state index in [9.17, 15) is 0 Å². The van der Waals surface area contributed by atoms with Gasteiger partial charge >= 0.3 is 0 Å². The van der Waals surface area contributed by atoms with E-state index in [1.807, 2.05) is 18.3 Å². The molecule has 20 heavy (non-hydrogen) atoms. The van der Waals surface area contributed by atoms with Gasteiger partial charge in [-0.1, -0.05) is 17.7 Å². The molecule has 2 aliphatic rings. The number of ether oxygens (including phenoxy) is 1. The largest absolute Gasteiger partial charge is 0.455 e. The van der Waals surface area contributed by atoms with E-state index in [0.29, 0.717) is 11.8 Å². The minimum Gasteiger partial charge on any atom is -0.455 e. The van der Waals surface area contributed by atoms with E-state index in [-0.39, 0.29) is 0 Å². The van der Waals surface area contributed by atoms with Crippen molar-refractivity contribution in [3.8, 4) is 11.5 Å². The van der Waals surface area contributed by atoms with Crippen LogP contribution < -0.4 is 4.74 Å². The van der Waals surface area contributed by atoms with Crippen molar-refractivity contribution < 1.29 is 4.74 Å². The Kier molecular flexibility index (Phi) is 2.57. The third kappa shape index (κ3) is 1.74. The molecule has 4 rings (SSSR count). The van der Waals surface area contributed by atoms with Crippen molar-refractivity contribution in [2.75, 3.05) is 20.1 Å². The molecule has 2 aromatic rings. The second kappa shape index (κ2) is 4.32. The van der Waals surface area contributed by atoms with Crippen molar-refractivity contribution >= 4 is 0 Å². The van der Waals surface area contributed by atoms with Gasteiger partial charge in [-0.3, -0.25) is 4.98 Å². The molecule has 3 heteroatoms. The fourth-order valence-electron chi connectivity index (χ4n) is 3.53. The number of nitrogens with zero attached hydrogens (tertiary/aromatic N) is 2. The van der Waals surface area contributed by atoms with Gasteiger partial charge in [0.2, 0.25) is 0 Å². The molecule has 0 unspecified atom stereocenters. The number of aryl methyl sites for hydroxylation is 1. The Hall–Kier alpha value is -1.87. The van der Waals surface area contributed by atoms with Crippen LogP contribution in [0.3, 0.4) is 0 Å². The number of hydrogen-bond donors (Lipinski definition) is 0. The summed E-state index contributed by atoms with van der Waals surface area (Å²) in [6.07, 6.45) is 1.87. The molecule has 1 saturated heterocycles. The van der Waals surface area contributed by atoms with Gasteiger partial charge in [-0.25, -0.2) is 0 Å². The molecule has 1 fully saturated rings. The van der Waals surface area contributed by atoms with Gasteiger partial charge in [-0.05, 0) is 32.2 Å². The molecule has 1 aromatic carbocycles. The van der Waals surface area contributed by atoms with E-state index in [1.165, 1.54) is 11.1 Å². The smallest absolute Gasteiger partial charge is 0.149 e. The predicted octanol–water partition coefficient (Wildman–Crippen LogP) is 3.31. The molecular formula is C17H18N2O. The Bertz CT molecular complexity index is 668. The van der Waals surface area contributed by atoms with Crippen LogP contribution in [-0.2, 0) is 0 Å². The number of rotatable bonds is 0. The van der Waals surface area contributed by atoms with Crippen molar-refractivity contribution in [2.45, 2.75) is 18.8 Å². The molecule has 3 heterocycles. The van der Waals surface area contributed by atoms with Crippen LogP contribution in [-0.4, -0.2) is 30.0 Å². The second-order valence-electron chi connectivity index (χ2n) is 5.96. The average molecular weight is 266 g/mol. The van der Waals surface area contributed by atoms with Crippen LogP contribution in [0, 0.1) is 6.92 Å². The van der Waals surface area contributed by atoms with Crippen molar-refractivity contribution in [1.82, 2.24) is 9.88 Å². The molecule has 0 saturated carbocycles. The fourth-order valence-corrected chi connectivity index (χ4v) is 3.53. The highest BCUT2D eigenvalue weighted by Crippen LogP contribution is 2.48. The summed E-state index contributed by atoms with van der Waals surface area (Å²) < 4.78 is 6.15. The third-order valence-corrected chi connectivity index (χ3v) is 4.44. The van der Waals surface area contributed by atoms with Crippen LogP contribution in [0.1, 0.15) is 28.7 Å². The lowest BCUT2D eigenvalue weighted by Gasteiger charge is -2.16. The van der Waals surface area contributed by atoms with Crippen LogP contribution in [0.2, 0.25) is 0 Å². The Labute approximate surface area is 119 Å². The summed E-state index contributed by atoms with van der Waals surface area (Å²) in [5, 5.41) is 0. The van der Waals surface area contributed by atoms with E-state index >= 15 is 0 Å². The first-order valence-corrected chi connectivity index (χ1v) is 7.14. The molecule has 3 nitrogen and oxygen atoms in total. The quantitative estimate of drug-likeness (QED) is 0.731. The van der Waals surface area contributed by atoms with Crippen molar-refractivity contribution in [1.29, 1.82) is 0 Å². The summed E-state index contributed by atoms with van der Waals surface area (Å²) in [5.74, 6) is 2.82. The van der Waals surface area contributed by atoms with Crippen LogP contribution in [0.5, 0.6) is 11.5 Å². The molecule has 0 spiro atoms. The van der Waals surface area contributed by atoms with E-state index < -0.39 is 0 Å². The molecule has 2 aliphatic heterocycles. The Morgan fingerprint density at radius 3 is 2.90 bits per heavy atom. The lowest BCUT2D eigenvalue weighted by Crippen LogP contribution is -2.14. The number of hydrogen-bond acceptors (Lipinski definition) is 3. The molecule has 0 aliphatic carbocycles. The van der Waals surface area contributed by atoms with Gasteiger partial charge in [0.25, 0.3) is 0 Å². The second-order valence-corrected chi connectivity index (χ2v) is 5.96. The molecule has 0 radical (unpaired) electrons. The summed E-state index contributed by atoms with van der Waals surface area (Å²) >= 11 is 0. The Morgan fingerprint density at radius 1 is 1.15 bits per heavy atom. The highest BCUT2D eigenvalue weighted by atomic mass is 16.5. The zero-order valence-electron chi connectivity index (χ0n) is 11.8. The molecule has 1 aromatic heterocycles. The van der Waals surface area contributed by atoms with Gasteiger partial charge < -0.3 is 9.64 Å². The summed E-state index contributed by atoms with van der Waals surface area (Å²) in [4.78, 5) is 7.00. The number of benzene rings is 1. The lowest BCUT2D eigenvalue weighted by molar-refractivity contribution is 0.400. The highest BCUT2D eigenvalue weighted by molar-refractivity contribution is 5.49. The summed E-state index contributed by atoms with van der Waals surface area (Å²) in [5.41, 5.74) is 3.73. The van der Waals surface area contributed by atoms with E-state index in [1.54, 1.807) is 0 Å². The summed E-state index contributed by atoms with van der Waals surface area (Å²) in [6, 6.07) is 10.5. The van der Waals surface area contributed by atoms with Gasteiger partial charge in [0.1, 0.15) is 11.5 Å². The monoisotopic (exact) mass is 266 g/mol. The van der Waals surface area contributed by atoms with E-state index in [0.717, 1.165) is 30.3 Å². The Balaban J connectivity index is 1.93. The fraction of sp³-hybridized carbons (Fsp3) is 0.353. The van der Waals surface area contributed by atoms with E-state index in [2.05, 4.69) is 42.1 Å². The summed E-state index contributed by atoms with van der Waals surface area (Å²) in [6.45, 7) is 4.26. The van der Waals surface area contributed by atoms with Gasteiger partial charge in [0.05, 0.1) is 5.69 Å². The maximum Gasteiger partial charge on any atom is 0.149 e. The number of pyridine rings is 1. The van der Waals surface area contributed by atoms with Crippen molar-refractivity contribution in [3.63, 3.8) is 0 Å². The van der Waals surface area contributed by atoms with Crippen LogP contribution in [0.15, 0.2) is 36.5 Å². The zero-order chi connectivity index (χ0) is 13.7. The van der Waals surface area contributed by atoms with Gasteiger partial charge in [-0.2, -0.15) is 0 Å². The normalized spacial score (nSPS) is 24.3. The predicted molar refractivity (Wildman–Crippen MR) is 78.5 cm³/mol. The van der Waals surface area contributed by atoms with Crippen LogP contribution in [0.25, 0.3) is 0 Å². The first-order valence-electron chi connectivity index (χ1n) is 7.14. The molecule has 0 N–H and O–H groups in total. The zero-order valence-corrected chi connectivity index (χ0v) is 11.8. The van der Waals surface area contributed by atoms with Gasteiger partial charge in [0, 0.05) is 36.7 Å². The maximum absolute atomic E-state index is 6.15. The first-order chi connectivity index (χ1) is 9.72. The van der Waals surface area contributed by atoms with Gasteiger partial charge in [-0.15, -0.1) is 0 Å².